The maximum atomic E-state index is 11.7. The molecular weight excluding hydrogens is 481 g/mol. The van der Waals surface area contributed by atoms with Crippen molar-refractivity contribution in [3.8, 4) is 16.9 Å². The van der Waals surface area contributed by atoms with E-state index in [1.807, 2.05) is 6.07 Å². The van der Waals surface area contributed by atoms with Crippen molar-refractivity contribution in [2.45, 2.75) is 64.4 Å². The molecule has 194 valence electrons. The Morgan fingerprint density at radius 3 is 2.55 bits per heavy atom. The standard InChI is InChI=1S/C29H30BN3O5/c1-28(2)29(3,4)38-30(37-28)17-7-8-18-16(14-17)15-36-25-20(18)10-9-19-21(25)11-12-22-24(19)32-26(31-22)23-6-5-13-33(23)27(34)35/h7-12,14,23H,5-6,13,15H2,1-4H3,(H,31,32)(H,34,35). The van der Waals surface area contributed by atoms with Crippen LogP contribution in [-0.2, 0) is 15.9 Å². The second kappa shape index (κ2) is 7.97. The number of carboxylic acid groups (broad SMARTS) is 1. The Labute approximate surface area is 221 Å². The van der Waals surface area contributed by atoms with Gasteiger partial charge in [-0.2, -0.15) is 0 Å². The van der Waals surface area contributed by atoms with Crippen LogP contribution in [0.5, 0.6) is 5.75 Å². The molecule has 0 radical (unpaired) electrons. The lowest BCUT2D eigenvalue weighted by Gasteiger charge is -2.32. The highest BCUT2D eigenvalue weighted by atomic mass is 16.7. The van der Waals surface area contributed by atoms with Crippen LogP contribution >= 0.6 is 0 Å². The van der Waals surface area contributed by atoms with E-state index in [0.717, 1.165) is 62.6 Å². The summed E-state index contributed by atoms with van der Waals surface area (Å²) < 4.78 is 18.9. The number of nitrogens with one attached hydrogen (secondary N) is 1. The average molecular weight is 511 g/mol. The Morgan fingerprint density at radius 1 is 1.05 bits per heavy atom. The third kappa shape index (κ3) is 3.38. The molecule has 2 N–H and O–H groups in total. The zero-order valence-corrected chi connectivity index (χ0v) is 22.0. The van der Waals surface area contributed by atoms with Gasteiger partial charge < -0.3 is 24.1 Å². The Balaban J connectivity index is 1.26. The normalized spacial score (nSPS) is 21.5. The van der Waals surface area contributed by atoms with E-state index in [1.54, 1.807) is 0 Å². The van der Waals surface area contributed by atoms with Crippen LogP contribution in [0.3, 0.4) is 0 Å². The average Bonchev–Trinajstić information content (AvgIpc) is 3.58. The van der Waals surface area contributed by atoms with E-state index in [1.165, 1.54) is 4.90 Å². The first-order valence-electron chi connectivity index (χ1n) is 13.2. The summed E-state index contributed by atoms with van der Waals surface area (Å²) in [5.41, 5.74) is 5.22. The molecule has 9 heteroatoms. The minimum atomic E-state index is -0.902. The molecule has 0 bridgehead atoms. The number of nitrogens with zero attached hydrogens (tertiary/aromatic N) is 2. The van der Waals surface area contributed by atoms with Gasteiger partial charge in [-0.15, -0.1) is 0 Å². The Morgan fingerprint density at radius 2 is 1.79 bits per heavy atom. The van der Waals surface area contributed by atoms with Gasteiger partial charge in [-0.3, -0.25) is 4.90 Å². The molecule has 3 aromatic carbocycles. The molecule has 8 nitrogen and oxygen atoms in total. The van der Waals surface area contributed by atoms with Gasteiger partial charge in [0.25, 0.3) is 0 Å². The maximum Gasteiger partial charge on any atom is 0.494 e. The highest BCUT2D eigenvalue weighted by Crippen LogP contribution is 2.44. The van der Waals surface area contributed by atoms with Gasteiger partial charge in [-0.25, -0.2) is 9.78 Å². The van der Waals surface area contributed by atoms with Gasteiger partial charge in [0, 0.05) is 22.9 Å². The minimum Gasteiger partial charge on any atom is -0.488 e. The molecule has 1 atom stereocenters. The number of benzene rings is 3. The molecule has 1 unspecified atom stereocenters. The van der Waals surface area contributed by atoms with Crippen LogP contribution < -0.4 is 10.2 Å². The fourth-order valence-electron chi connectivity index (χ4n) is 5.95. The first-order chi connectivity index (χ1) is 18.1. The maximum absolute atomic E-state index is 11.7. The molecule has 0 aliphatic carbocycles. The topological polar surface area (TPSA) is 96.9 Å². The molecule has 1 aromatic heterocycles. The van der Waals surface area contributed by atoms with Crippen LogP contribution in [0.15, 0.2) is 42.5 Å². The number of rotatable bonds is 2. The van der Waals surface area contributed by atoms with Crippen molar-refractivity contribution in [3.05, 3.63) is 53.9 Å². The molecule has 4 heterocycles. The predicted octanol–water partition coefficient (Wildman–Crippen LogP) is 5.39. The van der Waals surface area contributed by atoms with Crippen molar-refractivity contribution in [2.24, 2.45) is 0 Å². The van der Waals surface area contributed by atoms with Crippen LogP contribution in [0.4, 0.5) is 4.79 Å². The number of aromatic amines is 1. The van der Waals surface area contributed by atoms with E-state index >= 15 is 0 Å². The summed E-state index contributed by atoms with van der Waals surface area (Å²) in [6.45, 7) is 9.23. The lowest BCUT2D eigenvalue weighted by Crippen LogP contribution is -2.41. The number of ether oxygens (including phenoxy) is 1. The molecule has 0 spiro atoms. The predicted molar refractivity (Wildman–Crippen MR) is 146 cm³/mol. The minimum absolute atomic E-state index is 0.242. The highest BCUT2D eigenvalue weighted by molar-refractivity contribution is 6.62. The third-order valence-electron chi connectivity index (χ3n) is 8.75. The fourth-order valence-corrected chi connectivity index (χ4v) is 5.95. The van der Waals surface area contributed by atoms with Crippen molar-refractivity contribution in [2.75, 3.05) is 6.54 Å². The number of hydrogen-bond donors (Lipinski definition) is 2. The lowest BCUT2D eigenvalue weighted by molar-refractivity contribution is 0.00578. The second-order valence-electron chi connectivity index (χ2n) is 11.5. The summed E-state index contributed by atoms with van der Waals surface area (Å²) in [6.07, 6.45) is 0.708. The number of amides is 1. The zero-order valence-electron chi connectivity index (χ0n) is 22.0. The molecule has 1 amide bonds. The summed E-state index contributed by atoms with van der Waals surface area (Å²) in [5, 5.41) is 11.6. The van der Waals surface area contributed by atoms with Gasteiger partial charge >= 0.3 is 13.2 Å². The van der Waals surface area contributed by atoms with Gasteiger partial charge in [-0.05, 0) is 75.3 Å². The first kappa shape index (κ1) is 23.6. The van der Waals surface area contributed by atoms with E-state index in [9.17, 15) is 9.90 Å². The van der Waals surface area contributed by atoms with E-state index in [0.29, 0.717) is 19.0 Å². The van der Waals surface area contributed by atoms with Crippen LogP contribution in [0, 0.1) is 0 Å². The quantitative estimate of drug-likeness (QED) is 0.351. The molecule has 2 saturated heterocycles. The van der Waals surface area contributed by atoms with E-state index in [4.69, 9.17) is 19.0 Å². The molecule has 0 saturated carbocycles. The molecule has 3 aliphatic rings. The zero-order chi connectivity index (χ0) is 26.4. The first-order valence-corrected chi connectivity index (χ1v) is 13.2. The number of hydrogen-bond acceptors (Lipinski definition) is 5. The third-order valence-corrected chi connectivity index (χ3v) is 8.75. The summed E-state index contributed by atoms with van der Waals surface area (Å²) in [6, 6.07) is 14.4. The smallest absolute Gasteiger partial charge is 0.488 e. The van der Waals surface area contributed by atoms with Crippen LogP contribution in [0.2, 0.25) is 0 Å². The lowest BCUT2D eigenvalue weighted by atomic mass is 9.77. The van der Waals surface area contributed by atoms with Crippen molar-refractivity contribution in [1.29, 1.82) is 0 Å². The summed E-state index contributed by atoms with van der Waals surface area (Å²) in [7, 11) is -0.414. The molecule has 2 fully saturated rings. The molecular formula is C29H30BN3O5. The molecule has 3 aliphatic heterocycles. The monoisotopic (exact) mass is 511 g/mol. The highest BCUT2D eigenvalue weighted by Gasteiger charge is 2.51. The van der Waals surface area contributed by atoms with Crippen molar-refractivity contribution >= 4 is 40.5 Å². The Hall–Kier alpha value is -3.56. The number of aromatic nitrogens is 2. The summed E-state index contributed by atoms with van der Waals surface area (Å²) >= 11 is 0. The molecule has 7 rings (SSSR count). The number of H-pyrrole nitrogens is 1. The van der Waals surface area contributed by atoms with Crippen molar-refractivity contribution in [3.63, 3.8) is 0 Å². The van der Waals surface area contributed by atoms with Crippen LogP contribution in [0.25, 0.3) is 32.9 Å². The number of imidazole rings is 1. The number of likely N-dealkylation sites (tertiary alicyclic amines) is 1. The van der Waals surface area contributed by atoms with Gasteiger partial charge in [0.1, 0.15) is 18.2 Å². The van der Waals surface area contributed by atoms with E-state index in [-0.39, 0.29) is 6.04 Å². The van der Waals surface area contributed by atoms with Crippen LogP contribution in [0.1, 0.15) is 58.0 Å². The Kier molecular flexibility index (Phi) is 4.94. The molecule has 38 heavy (non-hydrogen) atoms. The molecule has 4 aromatic rings. The van der Waals surface area contributed by atoms with E-state index < -0.39 is 24.4 Å². The van der Waals surface area contributed by atoms with Gasteiger partial charge in [0.2, 0.25) is 0 Å². The van der Waals surface area contributed by atoms with Crippen LogP contribution in [-0.4, -0.2) is 50.9 Å². The van der Waals surface area contributed by atoms with Gasteiger partial charge in [0.05, 0.1) is 28.3 Å². The number of carbonyl (C=O) groups is 1. The van der Waals surface area contributed by atoms with Gasteiger partial charge in [0.15, 0.2) is 0 Å². The fraction of sp³-hybridized carbons (Fsp3) is 0.379. The SMILES string of the molecule is CC1(C)OB(c2ccc3c(c2)COc2c-3ccc3c2ccc2[nH]c(C4CCCN4C(=O)O)nc23)OC1(C)C. The van der Waals surface area contributed by atoms with Crippen molar-refractivity contribution in [1.82, 2.24) is 14.9 Å². The largest absolute Gasteiger partial charge is 0.494 e. The van der Waals surface area contributed by atoms with Crippen molar-refractivity contribution < 1.29 is 23.9 Å². The second-order valence-corrected chi connectivity index (χ2v) is 11.5. The summed E-state index contributed by atoms with van der Waals surface area (Å²) in [5.74, 6) is 1.55. The number of fused-ring (bicyclic) bond motifs is 7. The summed E-state index contributed by atoms with van der Waals surface area (Å²) in [4.78, 5) is 21.4. The Bertz CT molecular complexity index is 1610. The van der Waals surface area contributed by atoms with Gasteiger partial charge in [-0.1, -0.05) is 24.3 Å². The van der Waals surface area contributed by atoms with E-state index in [2.05, 4.69) is 69.1 Å².